The molecule has 0 saturated heterocycles. The summed E-state index contributed by atoms with van der Waals surface area (Å²) in [5, 5.41) is 0. The van der Waals surface area contributed by atoms with Crippen LogP contribution in [0.4, 0.5) is 0 Å². The average Bonchev–Trinajstić information content (AvgIpc) is 2.46. The largest absolute Gasteiger partial charge is 0.423 e. The molecule has 0 bridgehead atoms. The van der Waals surface area contributed by atoms with Crippen LogP contribution in [-0.2, 0) is 4.79 Å². The predicted molar refractivity (Wildman–Crippen MR) is 86.4 cm³/mol. The molecule has 0 heterocycles. The molecule has 2 rings (SSSR count). The maximum atomic E-state index is 12.0. The van der Waals surface area contributed by atoms with Crippen molar-refractivity contribution in [3.8, 4) is 5.75 Å². The van der Waals surface area contributed by atoms with E-state index in [1.807, 2.05) is 55.5 Å². The molecule has 0 aliphatic heterocycles. The molecule has 0 atom stereocenters. The van der Waals surface area contributed by atoms with Gasteiger partial charge in [-0.15, -0.1) is 0 Å². The SMILES string of the molecule is Cc1ccc(C(C)C)c(OC(=O)C=Cc2ccccc2)c1. The van der Waals surface area contributed by atoms with Gasteiger partial charge in [0.15, 0.2) is 0 Å². The highest BCUT2D eigenvalue weighted by Crippen LogP contribution is 2.27. The first-order valence-electron chi connectivity index (χ1n) is 7.12. The fourth-order valence-corrected chi connectivity index (χ4v) is 2.08. The van der Waals surface area contributed by atoms with Crippen molar-refractivity contribution in [2.75, 3.05) is 0 Å². The molecular formula is C19H20O2. The first-order chi connectivity index (χ1) is 10.1. The smallest absolute Gasteiger partial charge is 0.336 e. The molecule has 0 aliphatic carbocycles. The van der Waals surface area contributed by atoms with Crippen LogP contribution in [0.3, 0.4) is 0 Å². The third-order valence-corrected chi connectivity index (χ3v) is 3.21. The summed E-state index contributed by atoms with van der Waals surface area (Å²) in [6.45, 7) is 6.16. The third-order valence-electron chi connectivity index (χ3n) is 3.21. The Balaban J connectivity index is 2.13. The van der Waals surface area contributed by atoms with Crippen LogP contribution in [0.2, 0.25) is 0 Å². The van der Waals surface area contributed by atoms with Crippen LogP contribution in [0.1, 0.15) is 36.5 Å². The Morgan fingerprint density at radius 2 is 1.81 bits per heavy atom. The lowest BCUT2D eigenvalue weighted by Gasteiger charge is -2.12. The number of benzene rings is 2. The highest BCUT2D eigenvalue weighted by Gasteiger charge is 2.10. The van der Waals surface area contributed by atoms with Crippen molar-refractivity contribution in [1.82, 2.24) is 0 Å². The molecule has 2 aromatic rings. The van der Waals surface area contributed by atoms with Crippen LogP contribution >= 0.6 is 0 Å². The van der Waals surface area contributed by atoms with Crippen LogP contribution in [0.5, 0.6) is 5.75 Å². The Bertz CT molecular complexity index is 640. The quantitative estimate of drug-likeness (QED) is 0.459. The summed E-state index contributed by atoms with van der Waals surface area (Å²) in [6, 6.07) is 15.6. The molecule has 0 aromatic heterocycles. The van der Waals surface area contributed by atoms with Crippen LogP contribution in [0.15, 0.2) is 54.6 Å². The van der Waals surface area contributed by atoms with Crippen molar-refractivity contribution in [3.63, 3.8) is 0 Å². The van der Waals surface area contributed by atoms with Crippen molar-refractivity contribution in [2.45, 2.75) is 26.7 Å². The topological polar surface area (TPSA) is 26.3 Å². The molecule has 0 amide bonds. The van der Waals surface area contributed by atoms with E-state index >= 15 is 0 Å². The second kappa shape index (κ2) is 6.89. The lowest BCUT2D eigenvalue weighted by Crippen LogP contribution is -2.06. The predicted octanol–water partition coefficient (Wildman–Crippen LogP) is 4.74. The van der Waals surface area contributed by atoms with Gasteiger partial charge in [-0.1, -0.05) is 56.3 Å². The minimum Gasteiger partial charge on any atom is -0.423 e. The first kappa shape index (κ1) is 15.0. The molecule has 0 N–H and O–H groups in total. The highest BCUT2D eigenvalue weighted by molar-refractivity contribution is 5.88. The van der Waals surface area contributed by atoms with E-state index in [4.69, 9.17) is 4.74 Å². The Hall–Kier alpha value is -2.35. The van der Waals surface area contributed by atoms with Gasteiger partial charge in [-0.25, -0.2) is 4.79 Å². The van der Waals surface area contributed by atoms with Crippen molar-refractivity contribution in [2.24, 2.45) is 0 Å². The average molecular weight is 280 g/mol. The zero-order valence-corrected chi connectivity index (χ0v) is 12.7. The van der Waals surface area contributed by atoms with Crippen molar-refractivity contribution in [3.05, 3.63) is 71.3 Å². The molecule has 2 heteroatoms. The number of esters is 1. The summed E-state index contributed by atoms with van der Waals surface area (Å²) < 4.78 is 5.48. The fourth-order valence-electron chi connectivity index (χ4n) is 2.08. The van der Waals surface area contributed by atoms with E-state index in [1.54, 1.807) is 6.08 Å². The molecule has 21 heavy (non-hydrogen) atoms. The van der Waals surface area contributed by atoms with Gasteiger partial charge in [0.2, 0.25) is 0 Å². The van der Waals surface area contributed by atoms with E-state index in [1.165, 1.54) is 6.08 Å². The van der Waals surface area contributed by atoms with Gasteiger partial charge in [0.05, 0.1) is 0 Å². The summed E-state index contributed by atoms with van der Waals surface area (Å²) in [5.41, 5.74) is 3.10. The Morgan fingerprint density at radius 3 is 2.48 bits per heavy atom. The first-order valence-corrected chi connectivity index (χ1v) is 7.12. The third kappa shape index (κ3) is 4.32. The number of carbonyl (C=O) groups excluding carboxylic acids is 1. The second-order valence-electron chi connectivity index (χ2n) is 5.36. The van der Waals surface area contributed by atoms with E-state index in [9.17, 15) is 4.79 Å². The van der Waals surface area contributed by atoms with E-state index in [-0.39, 0.29) is 5.97 Å². The number of hydrogen-bond donors (Lipinski definition) is 0. The molecule has 0 unspecified atom stereocenters. The van der Waals surface area contributed by atoms with Crippen LogP contribution in [0, 0.1) is 6.92 Å². The maximum absolute atomic E-state index is 12.0. The fraction of sp³-hybridized carbons (Fsp3) is 0.211. The molecule has 2 aromatic carbocycles. The van der Waals surface area contributed by atoms with Crippen LogP contribution in [0.25, 0.3) is 6.08 Å². The van der Waals surface area contributed by atoms with Crippen molar-refractivity contribution >= 4 is 12.0 Å². The zero-order valence-electron chi connectivity index (χ0n) is 12.7. The molecule has 2 nitrogen and oxygen atoms in total. The van der Waals surface area contributed by atoms with Gasteiger partial charge in [0, 0.05) is 6.08 Å². The summed E-state index contributed by atoms with van der Waals surface area (Å²) in [7, 11) is 0. The van der Waals surface area contributed by atoms with E-state index in [2.05, 4.69) is 13.8 Å². The van der Waals surface area contributed by atoms with Gasteiger partial charge in [-0.2, -0.15) is 0 Å². The van der Waals surface area contributed by atoms with Crippen molar-refractivity contribution < 1.29 is 9.53 Å². The Labute approximate surface area is 126 Å². The number of ether oxygens (including phenoxy) is 1. The molecular weight excluding hydrogens is 260 g/mol. The highest BCUT2D eigenvalue weighted by atomic mass is 16.5. The summed E-state index contributed by atoms with van der Waals surface area (Å²) in [4.78, 5) is 12.0. The number of aryl methyl sites for hydroxylation is 1. The van der Waals surface area contributed by atoms with E-state index < -0.39 is 0 Å². The van der Waals surface area contributed by atoms with Gasteiger partial charge in [-0.3, -0.25) is 0 Å². The second-order valence-corrected chi connectivity index (χ2v) is 5.36. The normalized spacial score (nSPS) is 11.0. The monoisotopic (exact) mass is 280 g/mol. The molecule has 108 valence electrons. The van der Waals surface area contributed by atoms with Crippen molar-refractivity contribution in [1.29, 1.82) is 0 Å². The van der Waals surface area contributed by atoms with Gasteiger partial charge in [0.1, 0.15) is 5.75 Å². The van der Waals surface area contributed by atoms with Crippen LogP contribution in [-0.4, -0.2) is 5.97 Å². The molecule has 0 radical (unpaired) electrons. The van der Waals surface area contributed by atoms with Gasteiger partial charge in [0.25, 0.3) is 0 Å². The lowest BCUT2D eigenvalue weighted by atomic mass is 10.0. The van der Waals surface area contributed by atoms with Gasteiger partial charge in [-0.05, 0) is 41.7 Å². The van der Waals surface area contributed by atoms with Gasteiger partial charge >= 0.3 is 5.97 Å². The van der Waals surface area contributed by atoms with Crippen LogP contribution < -0.4 is 4.74 Å². The summed E-state index contributed by atoms with van der Waals surface area (Å²) in [5.74, 6) is 0.602. The minimum atomic E-state index is -0.355. The zero-order chi connectivity index (χ0) is 15.2. The standard InChI is InChI=1S/C19H20O2/c1-14(2)17-11-9-15(3)13-18(17)21-19(20)12-10-16-7-5-4-6-8-16/h4-14H,1-3H3. The lowest BCUT2D eigenvalue weighted by molar-refractivity contribution is -0.128. The minimum absolute atomic E-state index is 0.312. The number of hydrogen-bond acceptors (Lipinski definition) is 2. The van der Waals surface area contributed by atoms with Gasteiger partial charge < -0.3 is 4.74 Å². The summed E-state index contributed by atoms with van der Waals surface area (Å²) in [6.07, 6.45) is 3.22. The van der Waals surface area contributed by atoms with E-state index in [0.717, 1.165) is 16.7 Å². The Kier molecular flexibility index (Phi) is 4.94. The molecule has 0 saturated carbocycles. The molecule has 0 spiro atoms. The Morgan fingerprint density at radius 1 is 1.10 bits per heavy atom. The number of rotatable bonds is 4. The molecule has 0 aliphatic rings. The maximum Gasteiger partial charge on any atom is 0.336 e. The van der Waals surface area contributed by atoms with E-state index in [0.29, 0.717) is 11.7 Å². The molecule has 0 fully saturated rings. The summed E-state index contributed by atoms with van der Waals surface area (Å²) >= 11 is 0. The number of carbonyl (C=O) groups is 1.